The maximum absolute atomic E-state index is 13.1. The van der Waals surface area contributed by atoms with E-state index in [1.807, 2.05) is 18.2 Å². The number of hydrogen-bond acceptors (Lipinski definition) is 3. The average molecular weight is 282 g/mol. The number of fused-ring (bicyclic) bond motifs is 1. The molecule has 1 aromatic heterocycles. The second-order valence-corrected chi connectivity index (χ2v) is 4.67. The van der Waals surface area contributed by atoms with Crippen LogP contribution in [0.3, 0.4) is 0 Å². The predicted molar refractivity (Wildman–Crippen MR) is 78.5 cm³/mol. The molecular formula is C14H17ClFN3. The maximum atomic E-state index is 13.1. The van der Waals surface area contributed by atoms with Crippen LogP contribution in [0.2, 0.25) is 0 Å². The molecule has 1 aromatic carbocycles. The summed E-state index contributed by atoms with van der Waals surface area (Å²) in [7, 11) is 0. The Balaban J connectivity index is 0.00000133. The second-order valence-electron chi connectivity index (χ2n) is 4.67. The van der Waals surface area contributed by atoms with Gasteiger partial charge in [-0.05, 0) is 50.2 Å². The van der Waals surface area contributed by atoms with Gasteiger partial charge in [-0.25, -0.2) is 4.98 Å². The fraction of sp³-hybridized carbons (Fsp3) is 0.357. The first kappa shape index (κ1) is 14.0. The minimum absolute atomic E-state index is 0. The van der Waals surface area contributed by atoms with Crippen LogP contribution in [0, 0.1) is 5.95 Å². The molecule has 0 amide bonds. The third-order valence-corrected chi connectivity index (χ3v) is 3.40. The van der Waals surface area contributed by atoms with Crippen LogP contribution in [-0.4, -0.2) is 24.1 Å². The standard InChI is InChI=1S/C14H16FN3.ClH/c15-14-5-4-11-12(2-1-3-13(11)18-14)17-10-6-8-16-9-7-10;/h1-5,10,16-17H,6-9H2;1H. The molecule has 3 nitrogen and oxygen atoms in total. The molecule has 3 rings (SSSR count). The molecule has 2 aromatic rings. The highest BCUT2D eigenvalue weighted by Gasteiger charge is 2.13. The SMILES string of the molecule is Cl.Fc1ccc2c(NC3CCNCC3)cccc2n1. The lowest BCUT2D eigenvalue weighted by Crippen LogP contribution is -2.35. The van der Waals surface area contributed by atoms with E-state index in [1.165, 1.54) is 6.07 Å². The van der Waals surface area contributed by atoms with Crippen LogP contribution in [0.25, 0.3) is 10.9 Å². The van der Waals surface area contributed by atoms with Gasteiger partial charge >= 0.3 is 0 Å². The molecule has 5 heteroatoms. The number of nitrogens with zero attached hydrogens (tertiary/aromatic N) is 1. The first-order chi connectivity index (χ1) is 8.83. The third-order valence-electron chi connectivity index (χ3n) is 3.40. The molecule has 1 aliphatic rings. The largest absolute Gasteiger partial charge is 0.382 e. The quantitative estimate of drug-likeness (QED) is 0.831. The van der Waals surface area contributed by atoms with Crippen LogP contribution >= 0.6 is 12.4 Å². The lowest BCUT2D eigenvalue weighted by Gasteiger charge is -2.25. The highest BCUT2D eigenvalue weighted by atomic mass is 35.5. The summed E-state index contributed by atoms with van der Waals surface area (Å²) >= 11 is 0. The molecule has 0 aliphatic carbocycles. The Morgan fingerprint density at radius 2 is 1.95 bits per heavy atom. The van der Waals surface area contributed by atoms with E-state index in [0.717, 1.165) is 37.0 Å². The molecule has 0 saturated carbocycles. The van der Waals surface area contributed by atoms with Gasteiger partial charge in [0.05, 0.1) is 5.52 Å². The summed E-state index contributed by atoms with van der Waals surface area (Å²) in [5.41, 5.74) is 1.75. The molecule has 0 atom stereocenters. The number of nitrogens with one attached hydrogen (secondary N) is 2. The van der Waals surface area contributed by atoms with Crippen molar-refractivity contribution in [2.45, 2.75) is 18.9 Å². The molecule has 0 unspecified atom stereocenters. The minimum atomic E-state index is -0.429. The summed E-state index contributed by atoms with van der Waals surface area (Å²) in [6, 6.07) is 9.48. The topological polar surface area (TPSA) is 37.0 Å². The molecule has 1 fully saturated rings. The molecule has 2 N–H and O–H groups in total. The second kappa shape index (κ2) is 6.17. The molecule has 1 aliphatic heterocycles. The van der Waals surface area contributed by atoms with Crippen molar-refractivity contribution in [3.05, 3.63) is 36.3 Å². The first-order valence-electron chi connectivity index (χ1n) is 6.35. The minimum Gasteiger partial charge on any atom is -0.382 e. The summed E-state index contributed by atoms with van der Waals surface area (Å²) < 4.78 is 13.1. The molecule has 0 radical (unpaired) electrons. The van der Waals surface area contributed by atoms with E-state index in [1.54, 1.807) is 6.07 Å². The summed E-state index contributed by atoms with van der Waals surface area (Å²) in [6.45, 7) is 2.10. The maximum Gasteiger partial charge on any atom is 0.213 e. The molecule has 0 spiro atoms. The van der Waals surface area contributed by atoms with Crippen LogP contribution in [0.4, 0.5) is 10.1 Å². The van der Waals surface area contributed by atoms with Crippen LogP contribution in [0.5, 0.6) is 0 Å². The van der Waals surface area contributed by atoms with E-state index in [-0.39, 0.29) is 12.4 Å². The van der Waals surface area contributed by atoms with Crippen molar-refractivity contribution in [2.24, 2.45) is 0 Å². The van der Waals surface area contributed by atoms with Crippen molar-refractivity contribution in [1.29, 1.82) is 0 Å². The summed E-state index contributed by atoms with van der Waals surface area (Å²) in [6.07, 6.45) is 2.23. The molecule has 0 bridgehead atoms. The summed E-state index contributed by atoms with van der Waals surface area (Å²) in [5, 5.41) is 7.87. The van der Waals surface area contributed by atoms with Gasteiger partial charge in [-0.2, -0.15) is 4.39 Å². The van der Waals surface area contributed by atoms with Crippen molar-refractivity contribution in [3.63, 3.8) is 0 Å². The average Bonchev–Trinajstić information content (AvgIpc) is 2.40. The van der Waals surface area contributed by atoms with Gasteiger partial charge < -0.3 is 10.6 Å². The van der Waals surface area contributed by atoms with Crippen molar-refractivity contribution in [2.75, 3.05) is 18.4 Å². The molecular weight excluding hydrogens is 265 g/mol. The Bertz CT molecular complexity index is 555. The molecule has 2 heterocycles. The third kappa shape index (κ3) is 3.14. The zero-order valence-electron chi connectivity index (χ0n) is 10.5. The summed E-state index contributed by atoms with van der Waals surface area (Å²) in [5.74, 6) is -0.429. The van der Waals surface area contributed by atoms with Gasteiger partial charge in [0, 0.05) is 17.1 Å². The van der Waals surface area contributed by atoms with E-state index in [2.05, 4.69) is 15.6 Å². The lowest BCUT2D eigenvalue weighted by molar-refractivity contribution is 0.479. The van der Waals surface area contributed by atoms with Crippen molar-refractivity contribution in [3.8, 4) is 0 Å². The van der Waals surface area contributed by atoms with Crippen LogP contribution in [0.1, 0.15) is 12.8 Å². The number of pyridine rings is 1. The highest BCUT2D eigenvalue weighted by Crippen LogP contribution is 2.24. The fourth-order valence-electron chi connectivity index (χ4n) is 2.44. The number of halogens is 2. The number of benzene rings is 1. The van der Waals surface area contributed by atoms with E-state index in [0.29, 0.717) is 11.6 Å². The zero-order chi connectivity index (χ0) is 12.4. The Morgan fingerprint density at radius 3 is 2.74 bits per heavy atom. The predicted octanol–water partition coefficient (Wildman–Crippen LogP) is 2.96. The van der Waals surface area contributed by atoms with Crippen LogP contribution < -0.4 is 10.6 Å². The van der Waals surface area contributed by atoms with Gasteiger partial charge in [-0.15, -0.1) is 12.4 Å². The highest BCUT2D eigenvalue weighted by molar-refractivity contribution is 5.91. The van der Waals surface area contributed by atoms with Gasteiger partial charge in [-0.1, -0.05) is 6.07 Å². The Labute approximate surface area is 118 Å². The normalized spacial score (nSPS) is 16.1. The Morgan fingerprint density at radius 1 is 1.16 bits per heavy atom. The van der Waals surface area contributed by atoms with Gasteiger partial charge in [0.25, 0.3) is 0 Å². The van der Waals surface area contributed by atoms with Gasteiger partial charge in [-0.3, -0.25) is 0 Å². The summed E-state index contributed by atoms with van der Waals surface area (Å²) in [4.78, 5) is 3.91. The number of anilines is 1. The van der Waals surface area contributed by atoms with Crippen molar-refractivity contribution >= 4 is 29.0 Å². The van der Waals surface area contributed by atoms with Crippen LogP contribution in [-0.2, 0) is 0 Å². The number of rotatable bonds is 2. The molecule has 1 saturated heterocycles. The molecule has 19 heavy (non-hydrogen) atoms. The van der Waals surface area contributed by atoms with E-state index in [4.69, 9.17) is 0 Å². The van der Waals surface area contributed by atoms with Crippen molar-refractivity contribution in [1.82, 2.24) is 10.3 Å². The Kier molecular flexibility index (Phi) is 4.56. The number of aromatic nitrogens is 1. The first-order valence-corrected chi connectivity index (χ1v) is 6.35. The van der Waals surface area contributed by atoms with Gasteiger partial charge in [0.15, 0.2) is 0 Å². The van der Waals surface area contributed by atoms with E-state index in [9.17, 15) is 4.39 Å². The molecule has 102 valence electrons. The number of piperidine rings is 1. The van der Waals surface area contributed by atoms with Crippen molar-refractivity contribution < 1.29 is 4.39 Å². The fourth-order valence-corrected chi connectivity index (χ4v) is 2.44. The van der Waals surface area contributed by atoms with Gasteiger partial charge in [0.1, 0.15) is 0 Å². The lowest BCUT2D eigenvalue weighted by atomic mass is 10.1. The van der Waals surface area contributed by atoms with E-state index < -0.39 is 5.95 Å². The van der Waals surface area contributed by atoms with Gasteiger partial charge in [0.2, 0.25) is 5.95 Å². The Hall–Kier alpha value is -1.39. The monoisotopic (exact) mass is 281 g/mol. The zero-order valence-corrected chi connectivity index (χ0v) is 11.3. The van der Waals surface area contributed by atoms with E-state index >= 15 is 0 Å². The number of hydrogen-bond donors (Lipinski definition) is 2. The smallest absolute Gasteiger partial charge is 0.213 e. The van der Waals surface area contributed by atoms with Crippen LogP contribution in [0.15, 0.2) is 30.3 Å².